The molecule has 0 aliphatic heterocycles. The van der Waals surface area contributed by atoms with Gasteiger partial charge in [-0.05, 0) is 53.2 Å². The van der Waals surface area contributed by atoms with Gasteiger partial charge in [-0.1, -0.05) is 26.3 Å². The Bertz CT molecular complexity index is 217. The molecule has 1 N–H and O–H groups in total. The molecule has 0 aromatic heterocycles. The van der Waals surface area contributed by atoms with Crippen LogP contribution >= 0.6 is 0 Å². The molecular weight excluding hydrogens is 208 g/mol. The van der Waals surface area contributed by atoms with Gasteiger partial charge < -0.3 is 5.32 Å². The molecule has 0 aromatic rings. The average molecular weight is 240 g/mol. The number of hydrogen-bond donors (Lipinski definition) is 1. The molecule has 102 valence electrons. The Kier molecular flexibility index (Phi) is 7.73. The third kappa shape index (κ3) is 5.22. The topological polar surface area (TPSA) is 15.3 Å². The van der Waals surface area contributed by atoms with Crippen LogP contribution < -0.4 is 5.32 Å². The molecule has 0 aliphatic rings. The maximum atomic E-state index is 4.01. The summed E-state index contributed by atoms with van der Waals surface area (Å²) in [7, 11) is 0. The number of nitrogens with one attached hydrogen (secondary N) is 1. The molecule has 0 aromatic carbocycles. The Morgan fingerprint density at radius 3 is 2.12 bits per heavy atom. The van der Waals surface area contributed by atoms with Gasteiger partial charge in [0.15, 0.2) is 0 Å². The molecule has 1 atom stereocenters. The van der Waals surface area contributed by atoms with Crippen LogP contribution in [0.1, 0.15) is 54.4 Å². The number of rotatable bonds is 9. The van der Waals surface area contributed by atoms with Crippen LogP contribution in [0.25, 0.3) is 0 Å². The molecule has 1 unspecified atom stereocenters. The minimum atomic E-state index is 0.203. The lowest BCUT2D eigenvalue weighted by atomic mass is 9.87. The molecule has 0 radical (unpaired) electrons. The summed E-state index contributed by atoms with van der Waals surface area (Å²) in [4.78, 5) is 2.54. The van der Waals surface area contributed by atoms with Gasteiger partial charge in [-0.25, -0.2) is 0 Å². The van der Waals surface area contributed by atoms with Gasteiger partial charge in [0.05, 0.1) is 0 Å². The molecule has 0 rings (SSSR count). The van der Waals surface area contributed by atoms with Crippen LogP contribution in [0.2, 0.25) is 0 Å². The van der Waals surface area contributed by atoms with E-state index in [1.807, 2.05) is 0 Å². The first kappa shape index (κ1) is 16.7. The predicted octanol–water partition coefficient (Wildman–Crippen LogP) is 3.44. The second kappa shape index (κ2) is 7.88. The summed E-state index contributed by atoms with van der Waals surface area (Å²) in [5, 5.41) is 3.64. The van der Waals surface area contributed by atoms with Gasteiger partial charge in [0.1, 0.15) is 0 Å². The highest BCUT2D eigenvalue weighted by Gasteiger charge is 2.32. The van der Waals surface area contributed by atoms with Crippen molar-refractivity contribution in [2.45, 2.75) is 66.0 Å². The molecule has 0 aliphatic carbocycles. The van der Waals surface area contributed by atoms with E-state index >= 15 is 0 Å². The summed E-state index contributed by atoms with van der Waals surface area (Å²) in [5.41, 5.74) is 1.48. The molecule has 2 heteroatoms. The summed E-state index contributed by atoms with van der Waals surface area (Å²) < 4.78 is 0. The Labute approximate surface area is 108 Å². The molecular formula is C15H32N2. The van der Waals surface area contributed by atoms with Gasteiger partial charge in [0.25, 0.3) is 0 Å². The van der Waals surface area contributed by atoms with Crippen LogP contribution in [0.4, 0.5) is 0 Å². The van der Waals surface area contributed by atoms with Crippen molar-refractivity contribution in [1.82, 2.24) is 10.2 Å². The number of likely N-dealkylation sites (N-methyl/N-ethyl adjacent to an activating group) is 2. The fraction of sp³-hybridized carbons (Fsp3) is 0.867. The van der Waals surface area contributed by atoms with Crippen molar-refractivity contribution in [2.24, 2.45) is 0 Å². The highest BCUT2D eigenvalue weighted by molar-refractivity contribution is 4.97. The number of nitrogens with zero attached hydrogens (tertiary/aromatic N) is 1. The fourth-order valence-electron chi connectivity index (χ4n) is 2.60. The Balaban J connectivity index is 4.68. The molecule has 0 spiro atoms. The van der Waals surface area contributed by atoms with Crippen LogP contribution in [-0.4, -0.2) is 36.1 Å². The number of hydrogen-bond acceptors (Lipinski definition) is 2. The molecule has 2 nitrogen and oxygen atoms in total. The largest absolute Gasteiger partial charge is 0.312 e. The third-order valence-electron chi connectivity index (χ3n) is 3.74. The van der Waals surface area contributed by atoms with Crippen molar-refractivity contribution in [3.05, 3.63) is 12.2 Å². The van der Waals surface area contributed by atoms with E-state index < -0.39 is 0 Å². The van der Waals surface area contributed by atoms with E-state index in [0.717, 1.165) is 26.1 Å². The number of allylic oxidation sites excluding steroid dienone is 1. The molecule has 0 amide bonds. The van der Waals surface area contributed by atoms with Gasteiger partial charge in [0.2, 0.25) is 0 Å². The first-order valence-electron chi connectivity index (χ1n) is 7.02. The van der Waals surface area contributed by atoms with Crippen molar-refractivity contribution in [1.29, 1.82) is 0 Å². The van der Waals surface area contributed by atoms with Crippen molar-refractivity contribution in [2.75, 3.05) is 19.6 Å². The lowest BCUT2D eigenvalue weighted by Crippen LogP contribution is -2.57. The summed E-state index contributed by atoms with van der Waals surface area (Å²) in [6.07, 6.45) is 2.29. The molecule has 0 bridgehead atoms. The van der Waals surface area contributed by atoms with E-state index in [9.17, 15) is 0 Å². The Morgan fingerprint density at radius 2 is 1.76 bits per heavy atom. The van der Waals surface area contributed by atoms with E-state index in [1.165, 1.54) is 12.0 Å². The van der Waals surface area contributed by atoms with Crippen LogP contribution in [-0.2, 0) is 0 Å². The monoisotopic (exact) mass is 240 g/mol. The Morgan fingerprint density at radius 1 is 1.24 bits per heavy atom. The first-order chi connectivity index (χ1) is 7.89. The SMILES string of the molecule is C=C(C)CCC(NCC)C(C)(C)N(CC)CC. The molecule has 0 heterocycles. The molecule has 0 fully saturated rings. The van der Waals surface area contributed by atoms with Gasteiger partial charge >= 0.3 is 0 Å². The van der Waals surface area contributed by atoms with Crippen molar-refractivity contribution < 1.29 is 0 Å². The Hall–Kier alpha value is -0.340. The van der Waals surface area contributed by atoms with Gasteiger partial charge in [-0.2, -0.15) is 0 Å². The summed E-state index contributed by atoms with van der Waals surface area (Å²) >= 11 is 0. The van der Waals surface area contributed by atoms with E-state index in [1.54, 1.807) is 0 Å². The molecule has 17 heavy (non-hydrogen) atoms. The molecule has 0 saturated heterocycles. The third-order valence-corrected chi connectivity index (χ3v) is 3.74. The lowest BCUT2D eigenvalue weighted by molar-refractivity contribution is 0.0883. The zero-order chi connectivity index (χ0) is 13.5. The minimum absolute atomic E-state index is 0.203. The predicted molar refractivity (Wildman–Crippen MR) is 78.5 cm³/mol. The van der Waals surface area contributed by atoms with Gasteiger partial charge in [-0.15, -0.1) is 6.58 Å². The van der Waals surface area contributed by atoms with E-state index in [4.69, 9.17) is 0 Å². The van der Waals surface area contributed by atoms with Gasteiger partial charge in [0, 0.05) is 11.6 Å². The second-order valence-electron chi connectivity index (χ2n) is 5.43. The second-order valence-corrected chi connectivity index (χ2v) is 5.43. The zero-order valence-electron chi connectivity index (χ0n) is 12.8. The van der Waals surface area contributed by atoms with E-state index in [0.29, 0.717) is 6.04 Å². The van der Waals surface area contributed by atoms with Crippen molar-refractivity contribution >= 4 is 0 Å². The highest BCUT2D eigenvalue weighted by atomic mass is 15.2. The maximum absolute atomic E-state index is 4.01. The van der Waals surface area contributed by atoms with Crippen LogP contribution in [0.15, 0.2) is 12.2 Å². The standard InChI is InChI=1S/C15H32N2/c1-8-16-14(12-11-13(4)5)15(6,7)17(9-2)10-3/h14,16H,4,8-12H2,1-3,5-7H3. The fourth-order valence-corrected chi connectivity index (χ4v) is 2.60. The van der Waals surface area contributed by atoms with Crippen molar-refractivity contribution in [3.8, 4) is 0 Å². The smallest absolute Gasteiger partial charge is 0.0306 e. The molecule has 0 saturated carbocycles. The average Bonchev–Trinajstić information content (AvgIpc) is 2.24. The highest BCUT2D eigenvalue weighted by Crippen LogP contribution is 2.23. The van der Waals surface area contributed by atoms with Crippen LogP contribution in [0, 0.1) is 0 Å². The van der Waals surface area contributed by atoms with Crippen LogP contribution in [0.5, 0.6) is 0 Å². The quantitative estimate of drug-likeness (QED) is 0.621. The van der Waals surface area contributed by atoms with Crippen molar-refractivity contribution in [3.63, 3.8) is 0 Å². The first-order valence-corrected chi connectivity index (χ1v) is 7.02. The normalized spacial score (nSPS) is 14.1. The zero-order valence-corrected chi connectivity index (χ0v) is 12.8. The summed E-state index contributed by atoms with van der Waals surface area (Å²) in [6.45, 7) is 20.8. The summed E-state index contributed by atoms with van der Waals surface area (Å²) in [6, 6.07) is 0.532. The lowest BCUT2D eigenvalue weighted by Gasteiger charge is -2.44. The van der Waals surface area contributed by atoms with E-state index in [-0.39, 0.29) is 5.54 Å². The van der Waals surface area contributed by atoms with E-state index in [2.05, 4.69) is 58.3 Å². The minimum Gasteiger partial charge on any atom is -0.312 e. The summed E-state index contributed by atoms with van der Waals surface area (Å²) in [5.74, 6) is 0. The maximum Gasteiger partial charge on any atom is 0.0306 e. The van der Waals surface area contributed by atoms with Gasteiger partial charge in [-0.3, -0.25) is 4.90 Å². The van der Waals surface area contributed by atoms with Crippen LogP contribution in [0.3, 0.4) is 0 Å².